The average Bonchev–Trinajstić information content (AvgIpc) is 2.92. The molecule has 0 atom stereocenters. The summed E-state index contributed by atoms with van der Waals surface area (Å²) in [5.74, 6) is -0.126. The fourth-order valence-electron chi connectivity index (χ4n) is 2.12. The first-order valence-electron chi connectivity index (χ1n) is 6.98. The number of thiazole rings is 1. The molecule has 7 nitrogen and oxygen atoms in total. The van der Waals surface area contributed by atoms with Crippen molar-refractivity contribution in [3.05, 3.63) is 50.5 Å². The maximum absolute atomic E-state index is 12.3. The Kier molecular flexibility index (Phi) is 5.28. The second-order valence-electron chi connectivity index (χ2n) is 5.23. The molecule has 2 rings (SSSR count). The molecule has 122 valence electrons. The molecule has 0 radical (unpaired) electrons. The number of nitrogens with zero attached hydrogens (tertiary/aromatic N) is 4. The first-order chi connectivity index (χ1) is 10.9. The molecule has 0 spiro atoms. The Bertz CT molecular complexity index is 716. The monoisotopic (exact) mass is 334 g/mol. The van der Waals surface area contributed by atoms with Crippen LogP contribution in [0.3, 0.4) is 0 Å². The standard InChI is InChI=1S/C15H18N4O3S/c1-11-10-23-14(16-11)8-18(3)15(20)9-17(2)12-6-4-5-7-13(12)19(21)22/h4-7,10H,8-9H2,1-3H3. The van der Waals surface area contributed by atoms with E-state index in [9.17, 15) is 14.9 Å². The van der Waals surface area contributed by atoms with Gasteiger partial charge in [0.1, 0.15) is 10.7 Å². The Balaban J connectivity index is 2.03. The Morgan fingerprint density at radius 3 is 2.65 bits per heavy atom. The zero-order valence-electron chi connectivity index (χ0n) is 13.2. The van der Waals surface area contributed by atoms with Gasteiger partial charge in [-0.2, -0.15) is 0 Å². The maximum Gasteiger partial charge on any atom is 0.292 e. The minimum absolute atomic E-state index is 0.0130. The highest BCUT2D eigenvalue weighted by atomic mass is 32.1. The summed E-state index contributed by atoms with van der Waals surface area (Å²) in [6.07, 6.45) is 0. The van der Waals surface area contributed by atoms with Crippen molar-refractivity contribution in [3.8, 4) is 0 Å². The van der Waals surface area contributed by atoms with Crippen LogP contribution in [0, 0.1) is 17.0 Å². The van der Waals surface area contributed by atoms with E-state index in [2.05, 4.69) is 4.98 Å². The van der Waals surface area contributed by atoms with Crippen LogP contribution in [0.1, 0.15) is 10.7 Å². The van der Waals surface area contributed by atoms with E-state index < -0.39 is 4.92 Å². The molecular weight excluding hydrogens is 316 g/mol. The fourth-order valence-corrected chi connectivity index (χ4v) is 2.94. The number of rotatable bonds is 6. The van der Waals surface area contributed by atoms with Crippen LogP contribution in [0.15, 0.2) is 29.6 Å². The molecule has 0 bridgehead atoms. The van der Waals surface area contributed by atoms with Crippen molar-refractivity contribution in [1.82, 2.24) is 9.88 Å². The quantitative estimate of drug-likeness (QED) is 0.599. The van der Waals surface area contributed by atoms with Crippen LogP contribution in [0.25, 0.3) is 0 Å². The molecule has 0 saturated heterocycles. The van der Waals surface area contributed by atoms with Gasteiger partial charge in [0.15, 0.2) is 0 Å². The van der Waals surface area contributed by atoms with Crippen LogP contribution in [-0.4, -0.2) is 41.4 Å². The van der Waals surface area contributed by atoms with Crippen molar-refractivity contribution in [3.63, 3.8) is 0 Å². The molecule has 0 N–H and O–H groups in total. The highest BCUT2D eigenvalue weighted by Crippen LogP contribution is 2.26. The summed E-state index contributed by atoms with van der Waals surface area (Å²) in [4.78, 5) is 30.4. The molecule has 2 aromatic rings. The number of carbonyl (C=O) groups is 1. The van der Waals surface area contributed by atoms with Crippen molar-refractivity contribution in [2.24, 2.45) is 0 Å². The minimum Gasteiger partial charge on any atom is -0.360 e. The number of nitro benzene ring substituents is 1. The number of nitro groups is 1. The zero-order valence-corrected chi connectivity index (χ0v) is 14.0. The predicted molar refractivity (Wildman–Crippen MR) is 89.7 cm³/mol. The summed E-state index contributed by atoms with van der Waals surface area (Å²) >= 11 is 1.51. The van der Waals surface area contributed by atoms with Gasteiger partial charge in [-0.3, -0.25) is 14.9 Å². The summed E-state index contributed by atoms with van der Waals surface area (Å²) in [6, 6.07) is 6.38. The highest BCUT2D eigenvalue weighted by molar-refractivity contribution is 7.09. The number of benzene rings is 1. The van der Waals surface area contributed by atoms with Crippen LogP contribution in [0.2, 0.25) is 0 Å². The SMILES string of the molecule is Cc1csc(CN(C)C(=O)CN(C)c2ccccc2[N+](=O)[O-])n1. The molecule has 0 aliphatic rings. The van der Waals surface area contributed by atoms with Gasteiger partial charge < -0.3 is 9.80 Å². The smallest absolute Gasteiger partial charge is 0.292 e. The number of hydrogen-bond acceptors (Lipinski definition) is 6. The molecule has 0 fully saturated rings. The molecule has 23 heavy (non-hydrogen) atoms. The Hall–Kier alpha value is -2.48. The Morgan fingerprint density at radius 2 is 2.04 bits per heavy atom. The molecular formula is C15H18N4O3S. The lowest BCUT2D eigenvalue weighted by Gasteiger charge is -2.22. The second-order valence-corrected chi connectivity index (χ2v) is 6.18. The maximum atomic E-state index is 12.3. The topological polar surface area (TPSA) is 79.6 Å². The van der Waals surface area contributed by atoms with Gasteiger partial charge in [0, 0.05) is 31.2 Å². The summed E-state index contributed by atoms with van der Waals surface area (Å²) in [5.41, 5.74) is 1.34. The molecule has 1 amide bonds. The predicted octanol–water partition coefficient (Wildman–Crippen LogP) is 2.45. The van der Waals surface area contributed by atoms with Crippen LogP contribution in [0.4, 0.5) is 11.4 Å². The summed E-state index contributed by atoms with van der Waals surface area (Å²) in [5, 5.41) is 13.9. The van der Waals surface area contributed by atoms with Gasteiger partial charge in [-0.05, 0) is 13.0 Å². The lowest BCUT2D eigenvalue weighted by atomic mass is 10.2. The first-order valence-corrected chi connectivity index (χ1v) is 7.86. The number of likely N-dealkylation sites (N-methyl/N-ethyl adjacent to an activating group) is 2. The van der Waals surface area contributed by atoms with Gasteiger partial charge in [-0.1, -0.05) is 12.1 Å². The van der Waals surface area contributed by atoms with Crippen LogP contribution < -0.4 is 4.90 Å². The summed E-state index contributed by atoms with van der Waals surface area (Å²) in [6.45, 7) is 2.40. The van der Waals surface area contributed by atoms with Crippen molar-refractivity contribution >= 4 is 28.6 Å². The van der Waals surface area contributed by atoms with Gasteiger partial charge in [0.2, 0.25) is 5.91 Å². The number of amides is 1. The molecule has 0 unspecified atom stereocenters. The molecule has 0 aliphatic carbocycles. The van der Waals surface area contributed by atoms with Crippen molar-refractivity contribution in [1.29, 1.82) is 0 Å². The van der Waals surface area contributed by atoms with E-state index in [0.29, 0.717) is 12.2 Å². The van der Waals surface area contributed by atoms with E-state index in [4.69, 9.17) is 0 Å². The van der Waals surface area contributed by atoms with Gasteiger partial charge in [0.25, 0.3) is 5.69 Å². The van der Waals surface area contributed by atoms with Crippen molar-refractivity contribution in [2.45, 2.75) is 13.5 Å². The van der Waals surface area contributed by atoms with Crippen molar-refractivity contribution < 1.29 is 9.72 Å². The van der Waals surface area contributed by atoms with Crippen LogP contribution >= 0.6 is 11.3 Å². The minimum atomic E-state index is -0.446. The molecule has 0 saturated carbocycles. The number of para-hydroxylation sites is 2. The van der Waals surface area contributed by atoms with Crippen LogP contribution in [0.5, 0.6) is 0 Å². The largest absolute Gasteiger partial charge is 0.360 e. The van der Waals surface area contributed by atoms with E-state index in [1.54, 1.807) is 42.1 Å². The van der Waals surface area contributed by atoms with Gasteiger partial charge in [-0.15, -0.1) is 11.3 Å². The Morgan fingerprint density at radius 1 is 1.35 bits per heavy atom. The number of aryl methyl sites for hydroxylation is 1. The second kappa shape index (κ2) is 7.19. The fraction of sp³-hybridized carbons (Fsp3) is 0.333. The third-order valence-corrected chi connectivity index (χ3v) is 4.28. The van der Waals surface area contributed by atoms with Crippen molar-refractivity contribution in [2.75, 3.05) is 25.5 Å². The lowest BCUT2D eigenvalue weighted by Crippen LogP contribution is -2.36. The normalized spacial score (nSPS) is 10.4. The summed E-state index contributed by atoms with van der Waals surface area (Å²) < 4.78 is 0. The van der Waals surface area contributed by atoms with Gasteiger partial charge in [0.05, 0.1) is 18.0 Å². The van der Waals surface area contributed by atoms with Gasteiger partial charge in [-0.25, -0.2) is 4.98 Å². The number of hydrogen-bond donors (Lipinski definition) is 0. The zero-order chi connectivity index (χ0) is 17.0. The molecule has 0 aliphatic heterocycles. The third kappa shape index (κ3) is 4.26. The first kappa shape index (κ1) is 16.9. The third-order valence-electron chi connectivity index (χ3n) is 3.33. The van der Waals surface area contributed by atoms with E-state index in [1.807, 2.05) is 12.3 Å². The number of aromatic nitrogens is 1. The van der Waals surface area contributed by atoms with E-state index in [0.717, 1.165) is 10.7 Å². The van der Waals surface area contributed by atoms with Gasteiger partial charge >= 0.3 is 0 Å². The molecule has 1 heterocycles. The molecule has 1 aromatic heterocycles. The Labute approximate surface area is 138 Å². The lowest BCUT2D eigenvalue weighted by molar-refractivity contribution is -0.384. The van der Waals surface area contributed by atoms with E-state index in [1.165, 1.54) is 17.4 Å². The van der Waals surface area contributed by atoms with E-state index in [-0.39, 0.29) is 18.1 Å². The number of anilines is 1. The molecule has 8 heteroatoms. The number of carbonyl (C=O) groups excluding carboxylic acids is 1. The highest BCUT2D eigenvalue weighted by Gasteiger charge is 2.19. The summed E-state index contributed by atoms with van der Waals surface area (Å²) in [7, 11) is 3.37. The average molecular weight is 334 g/mol. The van der Waals surface area contributed by atoms with E-state index >= 15 is 0 Å². The van der Waals surface area contributed by atoms with Crippen LogP contribution in [-0.2, 0) is 11.3 Å². The molecule has 1 aromatic carbocycles.